The Morgan fingerprint density at radius 1 is 0.714 bits per heavy atom. The largest absolute Gasteiger partial charge is 0.289 e. The van der Waals surface area contributed by atoms with Crippen LogP contribution in [-0.4, -0.2) is 5.78 Å². The van der Waals surface area contributed by atoms with E-state index in [0.29, 0.717) is 22.3 Å². The van der Waals surface area contributed by atoms with Gasteiger partial charge in [-0.3, -0.25) is 4.79 Å². The topological polar surface area (TPSA) is 17.1 Å². The van der Waals surface area contributed by atoms with Crippen molar-refractivity contribution in [3.05, 3.63) is 95.8 Å². The average molecular weight is 276 g/mol. The van der Waals surface area contributed by atoms with Gasteiger partial charge in [-0.2, -0.15) is 0 Å². The van der Waals surface area contributed by atoms with Gasteiger partial charge in [0.15, 0.2) is 5.78 Å². The first-order valence-electron chi connectivity index (χ1n) is 6.71. The van der Waals surface area contributed by atoms with E-state index in [1.54, 1.807) is 48.5 Å². The summed E-state index contributed by atoms with van der Waals surface area (Å²) in [5.41, 5.74) is 1.99. The molecule has 102 valence electrons. The molecule has 0 atom stereocenters. The van der Waals surface area contributed by atoms with Crippen LogP contribution >= 0.6 is 0 Å². The first-order chi connectivity index (χ1) is 10.3. The Bertz CT molecular complexity index is 764. The Labute approximate surface area is 122 Å². The highest BCUT2D eigenvalue weighted by molar-refractivity contribution is 6.12. The second kappa shape index (κ2) is 5.71. The fraction of sp³-hybridized carbons (Fsp3) is 0. The predicted octanol–water partition coefficient (Wildman–Crippen LogP) is 4.72. The van der Waals surface area contributed by atoms with Gasteiger partial charge in [-0.1, -0.05) is 72.8 Å². The molecule has 0 aliphatic carbocycles. The van der Waals surface area contributed by atoms with Crippen LogP contribution in [0.15, 0.2) is 78.9 Å². The fourth-order valence-corrected chi connectivity index (χ4v) is 2.36. The molecule has 0 saturated heterocycles. The summed E-state index contributed by atoms with van der Waals surface area (Å²) in [6.45, 7) is 0. The molecule has 0 aliphatic rings. The van der Waals surface area contributed by atoms with Gasteiger partial charge in [0, 0.05) is 16.7 Å². The SMILES string of the molecule is O=C(c1ccccc1)c1cccc(F)c1-c1ccccc1. The first kappa shape index (κ1) is 13.3. The van der Waals surface area contributed by atoms with E-state index in [0.717, 1.165) is 0 Å². The predicted molar refractivity (Wildman–Crippen MR) is 81.7 cm³/mol. The molecule has 0 bridgehead atoms. The van der Waals surface area contributed by atoms with Gasteiger partial charge >= 0.3 is 0 Å². The molecule has 0 heterocycles. The van der Waals surface area contributed by atoms with Crippen LogP contribution in [0, 0.1) is 5.82 Å². The quantitative estimate of drug-likeness (QED) is 0.632. The average Bonchev–Trinajstić information content (AvgIpc) is 2.55. The van der Waals surface area contributed by atoms with Gasteiger partial charge < -0.3 is 0 Å². The minimum Gasteiger partial charge on any atom is -0.289 e. The second-order valence-electron chi connectivity index (χ2n) is 4.72. The summed E-state index contributed by atoms with van der Waals surface area (Å²) in [6.07, 6.45) is 0. The maximum atomic E-state index is 14.3. The zero-order valence-electron chi connectivity index (χ0n) is 11.3. The van der Waals surface area contributed by atoms with Crippen molar-refractivity contribution in [1.82, 2.24) is 0 Å². The summed E-state index contributed by atoms with van der Waals surface area (Å²) in [7, 11) is 0. The zero-order valence-corrected chi connectivity index (χ0v) is 11.3. The summed E-state index contributed by atoms with van der Waals surface area (Å²) in [6, 6.07) is 22.7. The maximum absolute atomic E-state index is 14.3. The van der Waals surface area contributed by atoms with Crippen molar-refractivity contribution in [3.63, 3.8) is 0 Å². The molecule has 0 spiro atoms. The lowest BCUT2D eigenvalue weighted by Crippen LogP contribution is -2.04. The van der Waals surface area contributed by atoms with Crippen molar-refractivity contribution < 1.29 is 9.18 Å². The summed E-state index contributed by atoms with van der Waals surface area (Å²) in [5.74, 6) is -0.558. The number of carbonyl (C=O) groups excluding carboxylic acids is 1. The molecule has 2 heteroatoms. The van der Waals surface area contributed by atoms with Gasteiger partial charge in [0.1, 0.15) is 5.82 Å². The van der Waals surface area contributed by atoms with Crippen LogP contribution in [0.1, 0.15) is 15.9 Å². The Balaban J connectivity index is 2.16. The monoisotopic (exact) mass is 276 g/mol. The van der Waals surface area contributed by atoms with Gasteiger partial charge in [-0.15, -0.1) is 0 Å². The van der Waals surface area contributed by atoms with Crippen molar-refractivity contribution in [2.24, 2.45) is 0 Å². The number of hydrogen-bond donors (Lipinski definition) is 0. The summed E-state index contributed by atoms with van der Waals surface area (Å²) in [5, 5.41) is 0. The number of hydrogen-bond acceptors (Lipinski definition) is 1. The molecule has 3 rings (SSSR count). The smallest absolute Gasteiger partial charge is 0.193 e. The van der Waals surface area contributed by atoms with Crippen molar-refractivity contribution in [1.29, 1.82) is 0 Å². The molecule has 3 aromatic carbocycles. The van der Waals surface area contributed by atoms with Crippen molar-refractivity contribution in [3.8, 4) is 11.1 Å². The molecular formula is C19H13FO. The molecular weight excluding hydrogens is 263 g/mol. The summed E-state index contributed by atoms with van der Waals surface area (Å²) >= 11 is 0. The second-order valence-corrected chi connectivity index (χ2v) is 4.72. The molecule has 0 N–H and O–H groups in total. The van der Waals surface area contributed by atoms with Crippen LogP contribution in [0.5, 0.6) is 0 Å². The number of benzene rings is 3. The van der Waals surface area contributed by atoms with E-state index in [4.69, 9.17) is 0 Å². The number of carbonyl (C=O) groups is 1. The third-order valence-electron chi connectivity index (χ3n) is 3.36. The lowest BCUT2D eigenvalue weighted by atomic mass is 9.93. The van der Waals surface area contributed by atoms with E-state index in [9.17, 15) is 9.18 Å². The van der Waals surface area contributed by atoms with Crippen LogP contribution in [-0.2, 0) is 0 Å². The highest BCUT2D eigenvalue weighted by Crippen LogP contribution is 2.28. The molecule has 1 nitrogen and oxygen atoms in total. The van der Waals surface area contributed by atoms with Gasteiger partial charge in [0.2, 0.25) is 0 Å². The Hall–Kier alpha value is -2.74. The van der Waals surface area contributed by atoms with Crippen LogP contribution in [0.4, 0.5) is 4.39 Å². The van der Waals surface area contributed by atoms with Crippen LogP contribution in [0.2, 0.25) is 0 Å². The maximum Gasteiger partial charge on any atom is 0.193 e. The Kier molecular flexibility index (Phi) is 3.61. The lowest BCUT2D eigenvalue weighted by Gasteiger charge is -2.10. The number of ketones is 1. The van der Waals surface area contributed by atoms with E-state index in [-0.39, 0.29) is 11.6 Å². The summed E-state index contributed by atoms with van der Waals surface area (Å²) in [4.78, 5) is 12.6. The van der Waals surface area contributed by atoms with Crippen molar-refractivity contribution in [2.45, 2.75) is 0 Å². The van der Waals surface area contributed by atoms with Gasteiger partial charge in [0.05, 0.1) is 0 Å². The molecule has 0 radical (unpaired) electrons. The normalized spacial score (nSPS) is 10.3. The van der Waals surface area contributed by atoms with Crippen LogP contribution < -0.4 is 0 Å². The molecule has 0 amide bonds. The van der Waals surface area contributed by atoms with Crippen LogP contribution in [0.3, 0.4) is 0 Å². The highest BCUT2D eigenvalue weighted by atomic mass is 19.1. The first-order valence-corrected chi connectivity index (χ1v) is 6.71. The molecule has 21 heavy (non-hydrogen) atoms. The summed E-state index contributed by atoms with van der Waals surface area (Å²) < 4.78 is 14.3. The lowest BCUT2D eigenvalue weighted by molar-refractivity contribution is 0.103. The van der Waals surface area contributed by atoms with Crippen molar-refractivity contribution in [2.75, 3.05) is 0 Å². The van der Waals surface area contributed by atoms with Gasteiger partial charge in [-0.05, 0) is 11.6 Å². The minimum absolute atomic E-state index is 0.172. The zero-order chi connectivity index (χ0) is 14.7. The highest BCUT2D eigenvalue weighted by Gasteiger charge is 2.17. The molecule has 0 aliphatic heterocycles. The molecule has 0 aromatic heterocycles. The third-order valence-corrected chi connectivity index (χ3v) is 3.36. The Morgan fingerprint density at radius 2 is 1.33 bits per heavy atom. The van der Waals surface area contributed by atoms with Gasteiger partial charge in [0.25, 0.3) is 0 Å². The van der Waals surface area contributed by atoms with E-state index >= 15 is 0 Å². The minimum atomic E-state index is -0.386. The van der Waals surface area contributed by atoms with E-state index in [2.05, 4.69) is 0 Å². The molecule has 0 fully saturated rings. The number of halogens is 1. The van der Waals surface area contributed by atoms with E-state index in [1.807, 2.05) is 24.3 Å². The Morgan fingerprint density at radius 3 is 2.00 bits per heavy atom. The van der Waals surface area contributed by atoms with E-state index < -0.39 is 0 Å². The van der Waals surface area contributed by atoms with Crippen LogP contribution in [0.25, 0.3) is 11.1 Å². The van der Waals surface area contributed by atoms with Crippen molar-refractivity contribution >= 4 is 5.78 Å². The number of rotatable bonds is 3. The third kappa shape index (κ3) is 2.61. The fourth-order valence-electron chi connectivity index (χ4n) is 2.36. The standard InChI is InChI=1S/C19H13FO/c20-17-13-7-12-16(18(17)14-8-3-1-4-9-14)19(21)15-10-5-2-6-11-15/h1-13H. The molecule has 3 aromatic rings. The van der Waals surface area contributed by atoms with Gasteiger partial charge in [-0.25, -0.2) is 4.39 Å². The van der Waals surface area contributed by atoms with E-state index in [1.165, 1.54) is 6.07 Å². The molecule has 0 unspecified atom stereocenters. The molecule has 0 saturated carbocycles.